The number of hydrogen-bond acceptors (Lipinski definition) is 6. The maximum Gasteiger partial charge on any atom is 0.229 e. The van der Waals surface area contributed by atoms with Crippen LogP contribution in [0.2, 0.25) is 0 Å². The molecule has 4 rings (SSSR count). The number of carbonyl (C=O) groups is 1. The Kier molecular flexibility index (Phi) is 7.09. The molecule has 2 heterocycles. The number of hydrogen-bond donors (Lipinski definition) is 1. The molecule has 0 radical (unpaired) electrons. The van der Waals surface area contributed by atoms with E-state index in [1.807, 2.05) is 36.4 Å². The third-order valence-corrected chi connectivity index (χ3v) is 5.71. The molecule has 1 amide bonds. The van der Waals surface area contributed by atoms with Gasteiger partial charge in [0, 0.05) is 44.4 Å². The highest BCUT2D eigenvalue weighted by atomic mass is 16.5. The number of nitrogens with one attached hydrogen (secondary N) is 1. The molecule has 1 saturated heterocycles. The maximum absolute atomic E-state index is 12.6. The number of piperazine rings is 1. The van der Waals surface area contributed by atoms with Crippen LogP contribution in [0.1, 0.15) is 11.1 Å². The van der Waals surface area contributed by atoms with Crippen molar-refractivity contribution < 1.29 is 9.53 Å². The fourth-order valence-electron chi connectivity index (χ4n) is 3.83. The quantitative estimate of drug-likeness (QED) is 0.620. The number of likely N-dealkylation sites (N-methyl/N-ethyl adjacent to an activating group) is 1. The minimum atomic E-state index is -0.110. The largest absolute Gasteiger partial charge is 0.496 e. The van der Waals surface area contributed by atoms with Crippen molar-refractivity contribution in [3.8, 4) is 17.0 Å². The molecule has 3 aromatic rings. The van der Waals surface area contributed by atoms with E-state index in [9.17, 15) is 4.79 Å². The first-order valence-electron chi connectivity index (χ1n) is 10.8. The van der Waals surface area contributed by atoms with Crippen LogP contribution >= 0.6 is 0 Å². The van der Waals surface area contributed by atoms with Gasteiger partial charge in [0.2, 0.25) is 5.91 Å². The van der Waals surface area contributed by atoms with Gasteiger partial charge < -0.3 is 15.0 Å². The molecule has 0 spiro atoms. The summed E-state index contributed by atoms with van der Waals surface area (Å²) >= 11 is 0. The second-order valence-corrected chi connectivity index (χ2v) is 8.11. The molecule has 0 aliphatic carbocycles. The zero-order chi connectivity index (χ0) is 22.3. The Morgan fingerprint density at radius 3 is 2.47 bits per heavy atom. The fourth-order valence-corrected chi connectivity index (χ4v) is 3.83. The number of carbonyl (C=O) groups excluding carboxylic acids is 1. The van der Waals surface area contributed by atoms with Crippen LogP contribution < -0.4 is 10.1 Å². The smallest absolute Gasteiger partial charge is 0.229 e. The first kappa shape index (κ1) is 21.9. The lowest BCUT2D eigenvalue weighted by molar-refractivity contribution is -0.115. The first-order valence-corrected chi connectivity index (χ1v) is 10.8. The van der Waals surface area contributed by atoms with E-state index in [1.165, 1.54) is 11.9 Å². The van der Waals surface area contributed by atoms with Crippen LogP contribution in [0.5, 0.6) is 5.75 Å². The number of nitrogens with zero attached hydrogens (tertiary/aromatic N) is 4. The van der Waals surface area contributed by atoms with Gasteiger partial charge in [0.15, 0.2) is 0 Å². The van der Waals surface area contributed by atoms with Gasteiger partial charge in [-0.1, -0.05) is 36.4 Å². The van der Waals surface area contributed by atoms with Crippen LogP contribution in [-0.4, -0.2) is 66.0 Å². The molecule has 7 nitrogen and oxygen atoms in total. The monoisotopic (exact) mass is 431 g/mol. The van der Waals surface area contributed by atoms with Crippen molar-refractivity contribution in [3.05, 3.63) is 72.1 Å². The van der Waals surface area contributed by atoms with Crippen LogP contribution in [0.3, 0.4) is 0 Å². The maximum atomic E-state index is 12.6. The third kappa shape index (κ3) is 5.69. The van der Waals surface area contributed by atoms with E-state index < -0.39 is 0 Å². The van der Waals surface area contributed by atoms with E-state index in [-0.39, 0.29) is 5.91 Å². The normalized spacial score (nSPS) is 14.8. The van der Waals surface area contributed by atoms with Gasteiger partial charge in [0.05, 0.1) is 19.2 Å². The van der Waals surface area contributed by atoms with Gasteiger partial charge >= 0.3 is 0 Å². The summed E-state index contributed by atoms with van der Waals surface area (Å²) in [6.07, 6.45) is 1.74. The van der Waals surface area contributed by atoms with Crippen molar-refractivity contribution in [3.63, 3.8) is 0 Å². The number of amides is 1. The lowest BCUT2D eigenvalue weighted by atomic mass is 10.1. The Hall–Kier alpha value is -3.29. The van der Waals surface area contributed by atoms with Gasteiger partial charge in [-0.2, -0.15) is 0 Å². The Bertz CT molecular complexity index is 1050. The number of methoxy groups -OCH3 is 1. The molecule has 0 unspecified atom stereocenters. The standard InChI is InChI=1S/C25H29N5O2/c1-29-11-13-30(14-12-29)17-20-9-7-19(8-10-20)15-25(31)28-24-16-22(26-18-27-24)21-5-3-4-6-23(21)32-2/h3-10,16,18H,11-15,17H2,1-2H3,(H,26,27,28,31). The number of benzene rings is 2. The topological polar surface area (TPSA) is 70.6 Å². The number of rotatable bonds is 7. The minimum Gasteiger partial charge on any atom is -0.496 e. The van der Waals surface area contributed by atoms with Gasteiger partial charge in [0.25, 0.3) is 0 Å². The van der Waals surface area contributed by atoms with E-state index in [4.69, 9.17) is 4.74 Å². The molecule has 32 heavy (non-hydrogen) atoms. The Morgan fingerprint density at radius 1 is 1.00 bits per heavy atom. The molecule has 1 fully saturated rings. The summed E-state index contributed by atoms with van der Waals surface area (Å²) in [5.41, 5.74) is 3.80. The van der Waals surface area contributed by atoms with Gasteiger partial charge in [-0.25, -0.2) is 9.97 Å². The highest BCUT2D eigenvalue weighted by Crippen LogP contribution is 2.28. The van der Waals surface area contributed by atoms with Crippen molar-refractivity contribution in [1.82, 2.24) is 19.8 Å². The van der Waals surface area contributed by atoms with Crippen molar-refractivity contribution in [2.75, 3.05) is 45.7 Å². The Balaban J connectivity index is 1.35. The summed E-state index contributed by atoms with van der Waals surface area (Å²) in [6, 6.07) is 17.7. The van der Waals surface area contributed by atoms with Crippen LogP contribution in [0.4, 0.5) is 5.82 Å². The summed E-state index contributed by atoms with van der Waals surface area (Å²) < 4.78 is 5.41. The average molecular weight is 432 g/mol. The van der Waals surface area contributed by atoms with Crippen LogP contribution in [0.15, 0.2) is 60.9 Å². The Morgan fingerprint density at radius 2 is 1.72 bits per heavy atom. The summed E-state index contributed by atoms with van der Waals surface area (Å²) in [5, 5.41) is 2.88. The van der Waals surface area contributed by atoms with E-state index in [1.54, 1.807) is 13.2 Å². The third-order valence-electron chi connectivity index (χ3n) is 5.71. The SMILES string of the molecule is COc1ccccc1-c1cc(NC(=O)Cc2ccc(CN3CCN(C)CC3)cc2)ncn1. The lowest BCUT2D eigenvalue weighted by Gasteiger charge is -2.32. The molecule has 1 aliphatic heterocycles. The van der Waals surface area contributed by atoms with Crippen molar-refractivity contribution in [1.29, 1.82) is 0 Å². The molecule has 0 bridgehead atoms. The summed E-state index contributed by atoms with van der Waals surface area (Å²) in [6.45, 7) is 5.36. The second-order valence-electron chi connectivity index (χ2n) is 8.11. The highest BCUT2D eigenvalue weighted by molar-refractivity contribution is 5.91. The molecule has 2 aromatic carbocycles. The molecule has 7 heteroatoms. The van der Waals surface area contributed by atoms with Crippen molar-refractivity contribution in [2.45, 2.75) is 13.0 Å². The number of aromatic nitrogens is 2. The van der Waals surface area contributed by atoms with Crippen LogP contribution in [0, 0.1) is 0 Å². The summed E-state index contributed by atoms with van der Waals surface area (Å²) in [7, 11) is 3.79. The van der Waals surface area contributed by atoms with Crippen molar-refractivity contribution >= 4 is 11.7 Å². The van der Waals surface area contributed by atoms with Crippen LogP contribution in [0.25, 0.3) is 11.3 Å². The zero-order valence-electron chi connectivity index (χ0n) is 18.6. The van der Waals surface area contributed by atoms with E-state index in [2.05, 4.69) is 44.3 Å². The van der Waals surface area contributed by atoms with E-state index >= 15 is 0 Å². The molecule has 0 saturated carbocycles. The highest BCUT2D eigenvalue weighted by Gasteiger charge is 2.14. The molecule has 1 aliphatic rings. The zero-order valence-corrected chi connectivity index (χ0v) is 18.6. The minimum absolute atomic E-state index is 0.110. The molecule has 166 valence electrons. The average Bonchev–Trinajstić information content (AvgIpc) is 2.82. The van der Waals surface area contributed by atoms with Gasteiger partial charge in [-0.3, -0.25) is 9.69 Å². The van der Waals surface area contributed by atoms with E-state index in [0.29, 0.717) is 17.9 Å². The fraction of sp³-hybridized carbons (Fsp3) is 0.320. The Labute approximate surface area is 189 Å². The number of para-hydroxylation sites is 1. The summed E-state index contributed by atoms with van der Waals surface area (Å²) in [4.78, 5) is 25.9. The predicted molar refractivity (Wildman–Crippen MR) is 126 cm³/mol. The number of anilines is 1. The van der Waals surface area contributed by atoms with Gasteiger partial charge in [-0.15, -0.1) is 0 Å². The molecular formula is C25H29N5O2. The molecule has 0 atom stereocenters. The second kappa shape index (κ2) is 10.3. The van der Waals surface area contributed by atoms with Crippen LogP contribution in [-0.2, 0) is 17.8 Å². The van der Waals surface area contributed by atoms with Gasteiger partial charge in [-0.05, 0) is 30.3 Å². The molecule has 1 aromatic heterocycles. The lowest BCUT2D eigenvalue weighted by Crippen LogP contribution is -2.43. The summed E-state index contributed by atoms with van der Waals surface area (Å²) in [5.74, 6) is 1.08. The van der Waals surface area contributed by atoms with Gasteiger partial charge in [0.1, 0.15) is 17.9 Å². The first-order chi connectivity index (χ1) is 15.6. The van der Waals surface area contributed by atoms with E-state index in [0.717, 1.165) is 49.6 Å². The van der Waals surface area contributed by atoms with Crippen molar-refractivity contribution in [2.24, 2.45) is 0 Å². The molecular weight excluding hydrogens is 402 g/mol. The number of ether oxygens (including phenoxy) is 1. The predicted octanol–water partition coefficient (Wildman–Crippen LogP) is 3.08. The molecule has 1 N–H and O–H groups in total.